The lowest BCUT2D eigenvalue weighted by Crippen LogP contribution is -2.54. The number of hydrogen-bond donors (Lipinski definition) is 1. The summed E-state index contributed by atoms with van der Waals surface area (Å²) in [5.41, 5.74) is 0.294. The Kier molecular flexibility index (Phi) is 4.40. The van der Waals surface area contributed by atoms with Gasteiger partial charge in [0.1, 0.15) is 6.54 Å². The molecule has 4 saturated carbocycles. The van der Waals surface area contributed by atoms with Crippen LogP contribution in [-0.2, 0) is 4.79 Å². The van der Waals surface area contributed by atoms with Crippen LogP contribution in [0.4, 0.5) is 13.2 Å². The summed E-state index contributed by atoms with van der Waals surface area (Å²) in [5.74, 6) is 1.98. The summed E-state index contributed by atoms with van der Waals surface area (Å²) in [6, 6.07) is -0.523. The van der Waals surface area contributed by atoms with Crippen molar-refractivity contribution in [1.29, 1.82) is 0 Å². The Morgan fingerprint density at radius 1 is 1.17 bits per heavy atom. The van der Waals surface area contributed by atoms with Crippen LogP contribution in [0.3, 0.4) is 0 Å². The highest BCUT2D eigenvalue weighted by Gasteiger charge is 2.51. The molecule has 4 aliphatic carbocycles. The van der Waals surface area contributed by atoms with E-state index in [1.165, 1.54) is 38.5 Å². The maximum atomic E-state index is 12.2. The van der Waals surface area contributed by atoms with E-state index in [0.717, 1.165) is 24.3 Å². The van der Waals surface area contributed by atoms with Crippen molar-refractivity contribution in [3.8, 4) is 0 Å². The van der Waals surface area contributed by atoms with Gasteiger partial charge in [-0.05, 0) is 75.7 Å². The predicted octanol–water partition coefficient (Wildman–Crippen LogP) is 3.20. The highest BCUT2D eigenvalue weighted by atomic mass is 19.4. The van der Waals surface area contributed by atoms with Crippen LogP contribution in [0.1, 0.15) is 45.4 Å². The van der Waals surface area contributed by atoms with E-state index in [-0.39, 0.29) is 0 Å². The number of nitrogens with one attached hydrogen (secondary N) is 1. The van der Waals surface area contributed by atoms with Crippen molar-refractivity contribution >= 4 is 5.91 Å². The molecule has 0 aromatic heterocycles. The maximum absolute atomic E-state index is 12.2. The zero-order chi connectivity index (χ0) is 16.8. The van der Waals surface area contributed by atoms with Gasteiger partial charge in [0.15, 0.2) is 0 Å². The quantitative estimate of drug-likeness (QED) is 0.838. The van der Waals surface area contributed by atoms with Crippen molar-refractivity contribution in [3.05, 3.63) is 0 Å². The van der Waals surface area contributed by atoms with Gasteiger partial charge in [0.05, 0.1) is 6.04 Å². The number of nitrogens with zero attached hydrogens (tertiary/aromatic N) is 1. The summed E-state index contributed by atoms with van der Waals surface area (Å²) in [4.78, 5) is 13.9. The van der Waals surface area contributed by atoms with Crippen LogP contribution < -0.4 is 5.32 Å². The lowest BCUT2D eigenvalue weighted by Gasteiger charge is -2.58. The van der Waals surface area contributed by atoms with E-state index in [1.807, 2.05) is 17.3 Å². The first-order valence-corrected chi connectivity index (χ1v) is 8.70. The minimum Gasteiger partial charge on any atom is -0.346 e. The second-order valence-corrected chi connectivity index (χ2v) is 8.34. The molecule has 4 rings (SSSR count). The van der Waals surface area contributed by atoms with Crippen molar-refractivity contribution in [2.45, 2.75) is 57.7 Å². The number of carbonyl (C=O) groups excluding carboxylic acids is 1. The van der Waals surface area contributed by atoms with Gasteiger partial charge in [-0.25, -0.2) is 0 Å². The van der Waals surface area contributed by atoms with Crippen molar-refractivity contribution < 1.29 is 18.0 Å². The van der Waals surface area contributed by atoms with Gasteiger partial charge in [0, 0.05) is 6.54 Å². The van der Waals surface area contributed by atoms with Crippen LogP contribution in [0.2, 0.25) is 0 Å². The van der Waals surface area contributed by atoms with Crippen molar-refractivity contribution in [3.63, 3.8) is 0 Å². The third-order valence-corrected chi connectivity index (χ3v) is 6.25. The third-order valence-electron chi connectivity index (χ3n) is 6.25. The van der Waals surface area contributed by atoms with E-state index in [1.54, 1.807) is 6.92 Å². The average Bonchev–Trinajstić information content (AvgIpc) is 2.41. The van der Waals surface area contributed by atoms with Gasteiger partial charge in [0.25, 0.3) is 0 Å². The first kappa shape index (κ1) is 17.1. The van der Waals surface area contributed by atoms with E-state index >= 15 is 0 Å². The molecule has 132 valence electrons. The van der Waals surface area contributed by atoms with Gasteiger partial charge < -0.3 is 5.32 Å². The van der Waals surface area contributed by atoms with Gasteiger partial charge in [-0.3, -0.25) is 9.69 Å². The Bertz CT molecular complexity index is 428. The standard InChI is InChI=1S/C17H27F3N2O/c1-11(15(23)21-9-17(18,19)20)22(2)10-16-6-12-3-13(7-16)5-14(4-12)8-16/h11-14H,3-10H2,1-2H3,(H,21,23). The molecule has 0 heterocycles. The first-order valence-electron chi connectivity index (χ1n) is 8.70. The van der Waals surface area contributed by atoms with Gasteiger partial charge in [-0.15, -0.1) is 0 Å². The van der Waals surface area contributed by atoms with Crippen LogP contribution in [0.25, 0.3) is 0 Å². The summed E-state index contributed by atoms with van der Waals surface area (Å²) in [7, 11) is 1.87. The lowest BCUT2D eigenvalue weighted by molar-refractivity contribution is -0.142. The Morgan fingerprint density at radius 2 is 1.65 bits per heavy atom. The molecule has 4 fully saturated rings. The molecule has 1 amide bonds. The summed E-state index contributed by atoms with van der Waals surface area (Å²) < 4.78 is 36.7. The number of alkyl halides is 3. The number of likely N-dealkylation sites (N-methyl/N-ethyl adjacent to an activating group) is 1. The summed E-state index contributed by atoms with van der Waals surface area (Å²) in [6.07, 6.45) is 3.45. The molecule has 0 saturated heterocycles. The number of amides is 1. The van der Waals surface area contributed by atoms with Crippen LogP contribution in [0.15, 0.2) is 0 Å². The molecule has 3 nitrogen and oxygen atoms in total. The summed E-state index contributed by atoms with van der Waals surface area (Å²) in [5, 5.41) is 2.01. The minimum absolute atomic E-state index is 0.294. The van der Waals surface area contributed by atoms with Crippen LogP contribution >= 0.6 is 0 Å². The molecule has 1 N–H and O–H groups in total. The lowest BCUT2D eigenvalue weighted by atomic mass is 9.49. The van der Waals surface area contributed by atoms with Crippen molar-refractivity contribution in [1.82, 2.24) is 10.2 Å². The fourth-order valence-electron chi connectivity index (χ4n) is 5.68. The Hall–Kier alpha value is -0.780. The third kappa shape index (κ3) is 3.83. The highest BCUT2D eigenvalue weighted by Crippen LogP contribution is 2.60. The molecule has 4 aliphatic rings. The predicted molar refractivity (Wildman–Crippen MR) is 81.8 cm³/mol. The van der Waals surface area contributed by atoms with Gasteiger partial charge in [-0.1, -0.05) is 0 Å². The summed E-state index contributed by atoms with van der Waals surface area (Å²) in [6.45, 7) is 1.28. The molecule has 0 aromatic rings. The molecular formula is C17H27F3N2O. The zero-order valence-corrected chi connectivity index (χ0v) is 14.0. The Morgan fingerprint density at radius 3 is 2.09 bits per heavy atom. The second kappa shape index (κ2) is 5.94. The fourth-order valence-corrected chi connectivity index (χ4v) is 5.68. The number of carbonyl (C=O) groups is 1. The highest BCUT2D eigenvalue weighted by molar-refractivity contribution is 5.81. The van der Waals surface area contributed by atoms with Gasteiger partial charge >= 0.3 is 6.18 Å². The monoisotopic (exact) mass is 332 g/mol. The molecule has 1 atom stereocenters. The maximum Gasteiger partial charge on any atom is 0.405 e. The molecule has 23 heavy (non-hydrogen) atoms. The SMILES string of the molecule is CC(C(=O)NCC(F)(F)F)N(C)CC12CC3CC(CC(C3)C1)C2. The second-order valence-electron chi connectivity index (χ2n) is 8.34. The van der Waals surface area contributed by atoms with Crippen LogP contribution in [-0.4, -0.2) is 43.2 Å². The molecule has 0 radical (unpaired) electrons. The van der Waals surface area contributed by atoms with E-state index in [0.29, 0.717) is 5.41 Å². The summed E-state index contributed by atoms with van der Waals surface area (Å²) >= 11 is 0. The molecule has 0 aromatic carbocycles. The first-order chi connectivity index (χ1) is 10.7. The molecule has 1 unspecified atom stereocenters. The minimum atomic E-state index is -4.35. The van der Waals surface area contributed by atoms with Gasteiger partial charge in [0.2, 0.25) is 5.91 Å². The van der Waals surface area contributed by atoms with E-state index in [2.05, 4.69) is 0 Å². The van der Waals surface area contributed by atoms with Crippen molar-refractivity contribution in [2.75, 3.05) is 20.1 Å². The number of halogens is 3. The van der Waals surface area contributed by atoms with E-state index < -0.39 is 24.7 Å². The van der Waals surface area contributed by atoms with E-state index in [9.17, 15) is 18.0 Å². The van der Waals surface area contributed by atoms with Crippen LogP contribution in [0, 0.1) is 23.2 Å². The van der Waals surface area contributed by atoms with Crippen molar-refractivity contribution in [2.24, 2.45) is 23.2 Å². The number of rotatable bonds is 5. The smallest absolute Gasteiger partial charge is 0.346 e. The normalized spacial score (nSPS) is 37.2. The zero-order valence-electron chi connectivity index (χ0n) is 14.0. The number of hydrogen-bond acceptors (Lipinski definition) is 2. The van der Waals surface area contributed by atoms with Gasteiger partial charge in [-0.2, -0.15) is 13.2 Å². The molecule has 4 bridgehead atoms. The Balaban J connectivity index is 1.56. The van der Waals surface area contributed by atoms with Crippen LogP contribution in [0.5, 0.6) is 0 Å². The molecule has 0 spiro atoms. The molecule has 6 heteroatoms. The molecule has 0 aliphatic heterocycles. The topological polar surface area (TPSA) is 32.3 Å². The average molecular weight is 332 g/mol. The fraction of sp³-hybridized carbons (Fsp3) is 0.941. The van der Waals surface area contributed by atoms with E-state index in [4.69, 9.17) is 0 Å². The largest absolute Gasteiger partial charge is 0.405 e. The molecular weight excluding hydrogens is 305 g/mol. The Labute approximate surface area is 136 Å².